The van der Waals surface area contributed by atoms with Gasteiger partial charge in [-0.15, -0.1) is 0 Å². The van der Waals surface area contributed by atoms with Gasteiger partial charge >= 0.3 is 0 Å². The van der Waals surface area contributed by atoms with Crippen molar-refractivity contribution in [1.82, 2.24) is 10.6 Å². The first-order valence-electron chi connectivity index (χ1n) is 6.89. The number of nitrogens with zero attached hydrogens (tertiary/aromatic N) is 1. The minimum Gasteiger partial charge on any atom is -0.347 e. The maximum Gasteiger partial charge on any atom is 0.264 e. The Morgan fingerprint density at radius 3 is 2.83 bits per heavy atom. The van der Waals surface area contributed by atoms with Gasteiger partial charge in [-0.3, -0.25) is 14.4 Å². The molecular formula is C14H19FN2O5S. The van der Waals surface area contributed by atoms with Crippen LogP contribution in [0.25, 0.3) is 0 Å². The first-order valence-corrected chi connectivity index (χ1v) is 8.78. The fraction of sp³-hybridized carbons (Fsp3) is 0.571. The molecule has 1 aromatic heterocycles. The molecule has 0 aliphatic carbocycles. The third kappa shape index (κ3) is 5.04. The van der Waals surface area contributed by atoms with Crippen LogP contribution in [0.1, 0.15) is 37.6 Å². The van der Waals surface area contributed by atoms with Crippen molar-refractivity contribution in [3.8, 4) is 11.8 Å². The highest BCUT2D eigenvalue weighted by atomic mass is 32.2. The van der Waals surface area contributed by atoms with Gasteiger partial charge in [-0.05, 0) is 32.1 Å². The number of aromatic nitrogens is 1. The van der Waals surface area contributed by atoms with E-state index in [2.05, 4.69) is 17.0 Å². The van der Waals surface area contributed by atoms with Gasteiger partial charge in [0, 0.05) is 18.7 Å². The number of rotatable bonds is 7. The zero-order valence-electron chi connectivity index (χ0n) is 12.9. The van der Waals surface area contributed by atoms with Crippen molar-refractivity contribution in [2.75, 3.05) is 12.9 Å². The predicted octanol–water partition coefficient (Wildman–Crippen LogP) is 1.02. The highest BCUT2D eigenvalue weighted by Crippen LogP contribution is 2.23. The summed E-state index contributed by atoms with van der Waals surface area (Å²) in [5.74, 6) is 4.68. The van der Waals surface area contributed by atoms with Crippen LogP contribution in [-0.2, 0) is 21.1 Å². The number of aryl methyl sites for hydroxylation is 1. The normalized spacial score (nSPS) is 13.7. The van der Waals surface area contributed by atoms with Crippen molar-refractivity contribution in [2.45, 2.75) is 37.4 Å². The molecule has 0 aromatic carbocycles. The van der Waals surface area contributed by atoms with Gasteiger partial charge in [0.1, 0.15) is 4.75 Å². The molecular weight excluding hydrogens is 327 g/mol. The van der Waals surface area contributed by atoms with Crippen LogP contribution in [-0.4, -0.2) is 42.4 Å². The van der Waals surface area contributed by atoms with Crippen LogP contribution in [0.2, 0.25) is 0 Å². The Labute approximate surface area is 134 Å². The monoisotopic (exact) mass is 346 g/mol. The molecule has 1 heterocycles. The summed E-state index contributed by atoms with van der Waals surface area (Å²) in [6.45, 7) is 0.791. The molecule has 0 saturated carbocycles. The number of sulfone groups is 1. The van der Waals surface area contributed by atoms with E-state index in [1.165, 1.54) is 18.5 Å². The van der Waals surface area contributed by atoms with E-state index in [1.807, 2.05) is 0 Å². The molecule has 0 fully saturated rings. The minimum absolute atomic E-state index is 0.0838. The SMILES string of the molecule is C[C@@](CCc1cc(C#CCCCF)on1)(C(=O)NO)S(C)(=O)=O. The third-order valence-electron chi connectivity index (χ3n) is 3.46. The van der Waals surface area contributed by atoms with E-state index in [4.69, 9.17) is 9.73 Å². The molecule has 0 aliphatic rings. The first-order chi connectivity index (χ1) is 10.7. The molecule has 2 N–H and O–H groups in total. The Morgan fingerprint density at radius 2 is 2.26 bits per heavy atom. The molecule has 1 aromatic rings. The zero-order chi connectivity index (χ0) is 17.5. The summed E-state index contributed by atoms with van der Waals surface area (Å²) < 4.78 is 38.7. The molecule has 0 unspecified atom stereocenters. The number of hydrogen-bond acceptors (Lipinski definition) is 6. The summed E-state index contributed by atoms with van der Waals surface area (Å²) in [6, 6.07) is 1.53. The van der Waals surface area contributed by atoms with Gasteiger partial charge < -0.3 is 4.52 Å². The van der Waals surface area contributed by atoms with Gasteiger partial charge in [0.2, 0.25) is 5.76 Å². The standard InChI is InChI=1S/C14H19FN2O5S/c1-14(13(18)16-19,23(2,20)21)8-7-11-10-12(22-17-11)6-4-3-5-9-15/h10,19H,3,5,7-9H2,1-2H3,(H,16,18)/t14-/m1/s1. The molecule has 1 atom stereocenters. The van der Waals surface area contributed by atoms with Gasteiger partial charge in [-0.1, -0.05) is 11.1 Å². The van der Waals surface area contributed by atoms with Crippen LogP contribution in [0, 0.1) is 11.8 Å². The number of carbonyl (C=O) groups excluding carboxylic acids is 1. The molecule has 9 heteroatoms. The summed E-state index contributed by atoms with van der Waals surface area (Å²) >= 11 is 0. The van der Waals surface area contributed by atoms with Crippen LogP contribution in [0.4, 0.5) is 4.39 Å². The van der Waals surface area contributed by atoms with Gasteiger partial charge in [-0.25, -0.2) is 13.9 Å². The van der Waals surface area contributed by atoms with Gasteiger partial charge in [-0.2, -0.15) is 0 Å². The van der Waals surface area contributed by atoms with E-state index < -0.39 is 27.2 Å². The topological polar surface area (TPSA) is 110 Å². The van der Waals surface area contributed by atoms with E-state index >= 15 is 0 Å². The molecule has 128 valence electrons. The fourth-order valence-electron chi connectivity index (χ4n) is 1.75. The number of halogens is 1. The van der Waals surface area contributed by atoms with E-state index in [9.17, 15) is 17.6 Å². The highest BCUT2D eigenvalue weighted by molar-refractivity contribution is 7.92. The second-order valence-electron chi connectivity index (χ2n) is 5.22. The summed E-state index contributed by atoms with van der Waals surface area (Å²) in [7, 11) is -3.75. The fourth-order valence-corrected chi connectivity index (χ4v) is 2.60. The van der Waals surface area contributed by atoms with Crippen LogP contribution >= 0.6 is 0 Å². The van der Waals surface area contributed by atoms with E-state index in [0.717, 1.165) is 6.26 Å². The van der Waals surface area contributed by atoms with Crippen LogP contribution in [0.15, 0.2) is 10.6 Å². The molecule has 0 radical (unpaired) electrons. The maximum absolute atomic E-state index is 11.9. The van der Waals surface area contributed by atoms with Crippen LogP contribution in [0.5, 0.6) is 0 Å². The quantitative estimate of drug-likeness (QED) is 0.330. The molecule has 23 heavy (non-hydrogen) atoms. The Bertz CT molecular complexity index is 704. The van der Waals surface area contributed by atoms with E-state index in [-0.39, 0.29) is 18.6 Å². The Hall–Kier alpha value is -1.92. The largest absolute Gasteiger partial charge is 0.347 e. The van der Waals surface area contributed by atoms with Crippen molar-refractivity contribution in [2.24, 2.45) is 0 Å². The Morgan fingerprint density at radius 1 is 1.57 bits per heavy atom. The molecule has 1 amide bonds. The number of hydroxylamine groups is 1. The third-order valence-corrected chi connectivity index (χ3v) is 5.49. The number of unbranched alkanes of at least 4 members (excludes halogenated alkanes) is 1. The number of alkyl halides is 1. The summed E-state index contributed by atoms with van der Waals surface area (Å²) in [5, 5.41) is 12.5. The Balaban J connectivity index is 2.78. The molecule has 0 bridgehead atoms. The maximum atomic E-state index is 11.9. The van der Waals surface area contributed by atoms with Crippen molar-refractivity contribution in [3.63, 3.8) is 0 Å². The lowest BCUT2D eigenvalue weighted by Crippen LogP contribution is -2.49. The van der Waals surface area contributed by atoms with Gasteiger partial charge in [0.05, 0.1) is 12.4 Å². The summed E-state index contributed by atoms with van der Waals surface area (Å²) in [6.07, 6.45) is 1.73. The van der Waals surface area contributed by atoms with Gasteiger partial charge in [0.25, 0.3) is 5.91 Å². The molecule has 0 spiro atoms. The zero-order valence-corrected chi connectivity index (χ0v) is 13.7. The van der Waals surface area contributed by atoms with Gasteiger partial charge in [0.15, 0.2) is 9.84 Å². The number of carbonyl (C=O) groups is 1. The summed E-state index contributed by atoms with van der Waals surface area (Å²) in [4.78, 5) is 11.7. The lowest BCUT2D eigenvalue weighted by molar-refractivity contribution is -0.131. The van der Waals surface area contributed by atoms with E-state index in [0.29, 0.717) is 18.5 Å². The smallest absolute Gasteiger partial charge is 0.264 e. The average molecular weight is 346 g/mol. The lowest BCUT2D eigenvalue weighted by Gasteiger charge is -2.24. The van der Waals surface area contributed by atoms with E-state index in [1.54, 1.807) is 0 Å². The molecule has 0 aliphatic heterocycles. The Kier molecular flexibility index (Phi) is 6.72. The van der Waals surface area contributed by atoms with Crippen molar-refractivity contribution in [3.05, 3.63) is 17.5 Å². The number of amides is 1. The first kappa shape index (κ1) is 19.1. The number of nitrogens with one attached hydrogen (secondary N) is 1. The van der Waals surface area contributed by atoms with Crippen molar-refractivity contribution in [1.29, 1.82) is 0 Å². The molecule has 0 saturated heterocycles. The lowest BCUT2D eigenvalue weighted by atomic mass is 10.0. The van der Waals surface area contributed by atoms with Crippen LogP contribution < -0.4 is 5.48 Å². The van der Waals surface area contributed by atoms with Crippen molar-refractivity contribution < 1.29 is 27.3 Å². The second kappa shape index (κ2) is 8.08. The number of hydrogen-bond donors (Lipinski definition) is 2. The molecule has 7 nitrogen and oxygen atoms in total. The summed E-state index contributed by atoms with van der Waals surface area (Å²) in [5.41, 5.74) is 1.81. The predicted molar refractivity (Wildman–Crippen MR) is 80.1 cm³/mol. The highest BCUT2D eigenvalue weighted by Gasteiger charge is 2.43. The van der Waals surface area contributed by atoms with Crippen LogP contribution in [0.3, 0.4) is 0 Å². The molecule has 1 rings (SSSR count). The minimum atomic E-state index is -3.75. The second-order valence-corrected chi connectivity index (χ2v) is 7.67. The van der Waals surface area contributed by atoms with Crippen molar-refractivity contribution >= 4 is 15.7 Å². The average Bonchev–Trinajstić information content (AvgIpc) is 2.95.